The second kappa shape index (κ2) is 9.33. The van der Waals surface area contributed by atoms with Crippen LogP contribution < -0.4 is 5.32 Å². The summed E-state index contributed by atoms with van der Waals surface area (Å²) in [6.07, 6.45) is 3.59. The standard InChI is InChI=1S/C24H34F3N7O2/c1-14(2)11-15-13-34(32-30-15)18-5-4-6-24(26,27)19(18)28-22(35)33-9-7-23(3,8-10-33)21-29-20(36-31-21)16-12-17(16)25/h13-14,16-19H,4-12H2,1-3H3,(H,28,35)/t16-,17+,18+,19-/m1/s1. The fraction of sp³-hybridized carbons (Fsp3) is 0.792. The molecule has 12 heteroatoms. The van der Waals surface area contributed by atoms with Crippen molar-refractivity contribution in [2.75, 3.05) is 13.1 Å². The Morgan fingerprint density at radius 1 is 1.28 bits per heavy atom. The summed E-state index contributed by atoms with van der Waals surface area (Å²) in [5.74, 6) is -2.15. The molecule has 0 radical (unpaired) electrons. The first kappa shape index (κ1) is 25.0. The molecule has 3 aliphatic rings. The van der Waals surface area contributed by atoms with Gasteiger partial charge in [-0.3, -0.25) is 0 Å². The van der Waals surface area contributed by atoms with Crippen LogP contribution in [0.5, 0.6) is 0 Å². The van der Waals surface area contributed by atoms with Crippen molar-refractivity contribution in [3.05, 3.63) is 23.6 Å². The third kappa shape index (κ3) is 4.95. The third-order valence-electron chi connectivity index (χ3n) is 7.81. The van der Waals surface area contributed by atoms with Crippen LogP contribution in [0.1, 0.15) is 88.7 Å². The third-order valence-corrected chi connectivity index (χ3v) is 7.81. The zero-order valence-corrected chi connectivity index (χ0v) is 21.0. The Balaban J connectivity index is 1.23. The van der Waals surface area contributed by atoms with E-state index < -0.39 is 35.6 Å². The van der Waals surface area contributed by atoms with E-state index >= 15 is 8.78 Å². The SMILES string of the molecule is CC(C)Cc1cn([C@H]2CCCC(F)(F)[C@@H]2NC(=O)N2CCC(C)(c3noc([C@@H]4C[C@@H]4F)n3)CC2)nn1. The molecule has 2 aromatic rings. The lowest BCUT2D eigenvalue weighted by atomic mass is 9.79. The molecule has 0 bridgehead atoms. The smallest absolute Gasteiger partial charge is 0.317 e. The molecular formula is C24H34F3N7O2. The van der Waals surface area contributed by atoms with Gasteiger partial charge in [-0.25, -0.2) is 22.6 Å². The number of carbonyl (C=O) groups is 1. The van der Waals surface area contributed by atoms with E-state index in [1.165, 1.54) is 4.68 Å². The average Bonchev–Trinajstić information content (AvgIpc) is 3.19. The summed E-state index contributed by atoms with van der Waals surface area (Å²) in [7, 11) is 0. The zero-order chi connectivity index (χ0) is 25.7. The Bertz CT molecular complexity index is 1080. The molecule has 0 aromatic carbocycles. The first-order valence-corrected chi connectivity index (χ1v) is 12.9. The second-order valence-electron chi connectivity index (χ2n) is 11.3. The summed E-state index contributed by atoms with van der Waals surface area (Å²) < 4.78 is 50.2. The number of hydrogen-bond acceptors (Lipinski definition) is 6. The van der Waals surface area contributed by atoms with Crippen molar-refractivity contribution < 1.29 is 22.5 Å². The molecule has 4 atom stereocenters. The first-order chi connectivity index (χ1) is 17.1. The van der Waals surface area contributed by atoms with Crippen molar-refractivity contribution in [2.45, 2.75) is 101 Å². The summed E-state index contributed by atoms with van der Waals surface area (Å²) >= 11 is 0. The number of nitrogens with zero attached hydrogens (tertiary/aromatic N) is 6. The van der Waals surface area contributed by atoms with Crippen LogP contribution >= 0.6 is 0 Å². The molecule has 0 spiro atoms. The number of amides is 2. The van der Waals surface area contributed by atoms with Crippen LogP contribution in [-0.2, 0) is 11.8 Å². The van der Waals surface area contributed by atoms with Gasteiger partial charge in [-0.15, -0.1) is 5.10 Å². The molecule has 2 amide bonds. The van der Waals surface area contributed by atoms with Crippen LogP contribution in [0.4, 0.5) is 18.0 Å². The van der Waals surface area contributed by atoms with E-state index in [0.29, 0.717) is 69.2 Å². The van der Waals surface area contributed by atoms with Gasteiger partial charge in [0.1, 0.15) is 12.2 Å². The minimum Gasteiger partial charge on any atom is -0.339 e. The van der Waals surface area contributed by atoms with Crippen LogP contribution in [0.2, 0.25) is 0 Å². The predicted octanol–water partition coefficient (Wildman–Crippen LogP) is 4.18. The highest BCUT2D eigenvalue weighted by Gasteiger charge is 2.50. The van der Waals surface area contributed by atoms with Crippen molar-refractivity contribution in [1.29, 1.82) is 0 Å². The summed E-state index contributed by atoms with van der Waals surface area (Å²) in [6, 6.07) is -2.54. The molecule has 2 aliphatic carbocycles. The highest BCUT2D eigenvalue weighted by atomic mass is 19.3. The number of likely N-dealkylation sites (tertiary alicyclic amines) is 1. The molecule has 1 saturated heterocycles. The Morgan fingerprint density at radius 3 is 2.67 bits per heavy atom. The largest absolute Gasteiger partial charge is 0.339 e. The maximum absolute atomic E-state index is 15.0. The molecule has 5 rings (SSSR count). The molecule has 1 aliphatic heterocycles. The fourth-order valence-corrected chi connectivity index (χ4v) is 5.33. The molecule has 3 fully saturated rings. The van der Waals surface area contributed by atoms with Gasteiger partial charge >= 0.3 is 6.03 Å². The van der Waals surface area contributed by atoms with E-state index in [1.807, 2.05) is 6.92 Å². The number of piperidine rings is 1. The van der Waals surface area contributed by atoms with Gasteiger partial charge in [0.25, 0.3) is 5.92 Å². The molecule has 198 valence electrons. The lowest BCUT2D eigenvalue weighted by molar-refractivity contribution is -0.0804. The van der Waals surface area contributed by atoms with E-state index in [4.69, 9.17) is 4.52 Å². The number of hydrogen-bond donors (Lipinski definition) is 1. The lowest BCUT2D eigenvalue weighted by Gasteiger charge is -2.41. The minimum absolute atomic E-state index is 0.277. The van der Waals surface area contributed by atoms with E-state index in [9.17, 15) is 9.18 Å². The van der Waals surface area contributed by atoms with Gasteiger partial charge in [0.05, 0.1) is 17.7 Å². The summed E-state index contributed by atoms with van der Waals surface area (Å²) in [5.41, 5.74) is 0.331. The van der Waals surface area contributed by atoms with E-state index in [2.05, 4.69) is 39.6 Å². The molecule has 3 heterocycles. The Morgan fingerprint density at radius 2 is 2.00 bits per heavy atom. The van der Waals surface area contributed by atoms with Crippen molar-refractivity contribution >= 4 is 6.03 Å². The summed E-state index contributed by atoms with van der Waals surface area (Å²) in [4.78, 5) is 19.1. The molecule has 1 N–H and O–H groups in total. The Hall–Kier alpha value is -2.66. The van der Waals surface area contributed by atoms with Crippen LogP contribution in [0.25, 0.3) is 0 Å². The quantitative estimate of drug-likeness (QED) is 0.627. The predicted molar refractivity (Wildman–Crippen MR) is 123 cm³/mol. The van der Waals surface area contributed by atoms with Crippen molar-refractivity contribution in [2.24, 2.45) is 5.92 Å². The van der Waals surface area contributed by atoms with Crippen LogP contribution in [0.3, 0.4) is 0 Å². The number of alkyl halides is 3. The molecular weight excluding hydrogens is 475 g/mol. The second-order valence-corrected chi connectivity index (χ2v) is 11.3. The molecule has 2 aromatic heterocycles. The van der Waals surface area contributed by atoms with Crippen molar-refractivity contribution in [3.8, 4) is 0 Å². The topological polar surface area (TPSA) is 102 Å². The number of urea groups is 1. The van der Waals surface area contributed by atoms with Gasteiger partial charge in [-0.1, -0.05) is 31.1 Å². The van der Waals surface area contributed by atoms with Crippen LogP contribution in [0, 0.1) is 5.92 Å². The van der Waals surface area contributed by atoms with Gasteiger partial charge in [0.15, 0.2) is 5.82 Å². The minimum atomic E-state index is -3.05. The number of nitrogens with one attached hydrogen (secondary N) is 1. The highest BCUT2D eigenvalue weighted by molar-refractivity contribution is 5.75. The highest BCUT2D eigenvalue weighted by Crippen LogP contribution is 2.44. The van der Waals surface area contributed by atoms with E-state index in [1.54, 1.807) is 11.1 Å². The number of carbonyl (C=O) groups excluding carboxylic acids is 1. The molecule has 36 heavy (non-hydrogen) atoms. The number of aromatic nitrogens is 5. The average molecular weight is 510 g/mol. The van der Waals surface area contributed by atoms with Gasteiger partial charge < -0.3 is 14.7 Å². The molecule has 2 saturated carbocycles. The monoisotopic (exact) mass is 509 g/mol. The number of halogens is 3. The lowest BCUT2D eigenvalue weighted by Crippen LogP contribution is -2.58. The van der Waals surface area contributed by atoms with Gasteiger partial charge in [-0.2, -0.15) is 4.98 Å². The van der Waals surface area contributed by atoms with Gasteiger partial charge in [0.2, 0.25) is 5.89 Å². The van der Waals surface area contributed by atoms with Crippen molar-refractivity contribution in [1.82, 2.24) is 35.4 Å². The van der Waals surface area contributed by atoms with Crippen LogP contribution in [-0.4, -0.2) is 67.3 Å². The van der Waals surface area contributed by atoms with Crippen molar-refractivity contribution in [3.63, 3.8) is 0 Å². The Kier molecular flexibility index (Phi) is 6.48. The van der Waals surface area contributed by atoms with E-state index in [0.717, 1.165) is 5.69 Å². The van der Waals surface area contributed by atoms with Gasteiger partial charge in [0, 0.05) is 31.1 Å². The zero-order valence-electron chi connectivity index (χ0n) is 21.0. The van der Waals surface area contributed by atoms with Gasteiger partial charge in [-0.05, 0) is 44.4 Å². The van der Waals surface area contributed by atoms with Crippen LogP contribution in [0.15, 0.2) is 10.7 Å². The number of rotatable bonds is 6. The first-order valence-electron chi connectivity index (χ1n) is 12.9. The van der Waals surface area contributed by atoms with E-state index in [-0.39, 0.29) is 12.3 Å². The summed E-state index contributed by atoms with van der Waals surface area (Å²) in [6.45, 7) is 6.84. The molecule has 9 nitrogen and oxygen atoms in total. The Labute approximate surface area is 208 Å². The molecule has 0 unspecified atom stereocenters. The summed E-state index contributed by atoms with van der Waals surface area (Å²) in [5, 5.41) is 15.0. The maximum atomic E-state index is 15.0. The fourth-order valence-electron chi connectivity index (χ4n) is 5.33. The maximum Gasteiger partial charge on any atom is 0.317 e. The normalized spacial score (nSPS) is 29.4.